The molecule has 0 saturated heterocycles. The van der Waals surface area contributed by atoms with E-state index in [1.807, 2.05) is 0 Å². The number of aliphatic imine (C=N–C) groups is 2. The molecule has 0 bridgehead atoms. The maximum absolute atomic E-state index is 10.2. The van der Waals surface area contributed by atoms with Crippen LogP contribution in [0.25, 0.3) is 0 Å². The molecule has 0 atom stereocenters. The number of nitrogens with zero attached hydrogens (tertiary/aromatic N) is 2. The molecular weight excluding hydrogens is 208 g/mol. The van der Waals surface area contributed by atoms with Crippen molar-refractivity contribution < 1.29 is 14.7 Å². The van der Waals surface area contributed by atoms with Gasteiger partial charge in [-0.3, -0.25) is 0 Å². The third kappa shape index (κ3) is 3.26. The van der Waals surface area contributed by atoms with Crippen LogP contribution in [-0.2, 0) is 16.0 Å². The van der Waals surface area contributed by atoms with Crippen LogP contribution in [0.1, 0.15) is 12.0 Å². The number of hydrogen-bond donors (Lipinski definition) is 1. The Balaban J connectivity index is 3.08. The summed E-state index contributed by atoms with van der Waals surface area (Å²) >= 11 is 0. The maximum Gasteiger partial charge on any atom is 0.240 e. The minimum Gasteiger partial charge on any atom is -0.396 e. The number of benzene rings is 1. The minimum atomic E-state index is 0.0679. The Labute approximate surface area is 92.2 Å². The Kier molecular flexibility index (Phi) is 4.83. The lowest BCUT2D eigenvalue weighted by atomic mass is 10.1. The van der Waals surface area contributed by atoms with Crippen LogP contribution >= 0.6 is 0 Å². The summed E-state index contributed by atoms with van der Waals surface area (Å²) in [5.41, 5.74) is 1.61. The molecule has 1 aromatic carbocycles. The van der Waals surface area contributed by atoms with Crippen molar-refractivity contribution in [3.63, 3.8) is 0 Å². The molecule has 0 aliphatic heterocycles. The van der Waals surface area contributed by atoms with Crippen molar-refractivity contribution in [2.75, 3.05) is 6.61 Å². The number of aryl methyl sites for hydroxylation is 1. The number of hydrogen-bond acceptors (Lipinski definition) is 5. The van der Waals surface area contributed by atoms with Crippen molar-refractivity contribution in [2.24, 2.45) is 9.98 Å². The van der Waals surface area contributed by atoms with Crippen molar-refractivity contribution in [1.82, 2.24) is 0 Å². The highest BCUT2D eigenvalue weighted by atomic mass is 16.2. The molecule has 0 radical (unpaired) electrons. The monoisotopic (exact) mass is 218 g/mol. The van der Waals surface area contributed by atoms with Gasteiger partial charge >= 0.3 is 0 Å². The third-order valence-corrected chi connectivity index (χ3v) is 2.01. The summed E-state index contributed by atoms with van der Waals surface area (Å²) in [7, 11) is 0. The average molecular weight is 218 g/mol. The maximum atomic E-state index is 10.2. The molecule has 0 saturated carbocycles. The molecular formula is C11H10N2O3. The molecule has 0 aliphatic rings. The van der Waals surface area contributed by atoms with Gasteiger partial charge in [0, 0.05) is 6.61 Å². The van der Waals surface area contributed by atoms with E-state index in [9.17, 15) is 9.59 Å². The lowest BCUT2D eigenvalue weighted by molar-refractivity contribution is 0.288. The first-order chi connectivity index (χ1) is 7.81. The predicted molar refractivity (Wildman–Crippen MR) is 57.4 cm³/mol. The molecule has 0 aromatic heterocycles. The lowest BCUT2D eigenvalue weighted by Crippen LogP contribution is -1.89. The van der Waals surface area contributed by atoms with E-state index in [1.165, 1.54) is 18.2 Å². The van der Waals surface area contributed by atoms with Crippen LogP contribution in [-0.4, -0.2) is 23.9 Å². The third-order valence-electron chi connectivity index (χ3n) is 2.01. The number of aliphatic hydroxyl groups is 1. The molecule has 5 heteroatoms. The first-order valence-corrected chi connectivity index (χ1v) is 4.71. The van der Waals surface area contributed by atoms with Crippen LogP contribution in [0.15, 0.2) is 28.2 Å². The van der Waals surface area contributed by atoms with Gasteiger partial charge in [-0.2, -0.15) is 9.98 Å². The summed E-state index contributed by atoms with van der Waals surface area (Å²) in [5.74, 6) is 0. The molecule has 0 unspecified atom stereocenters. The van der Waals surface area contributed by atoms with E-state index < -0.39 is 0 Å². The van der Waals surface area contributed by atoms with Crippen LogP contribution in [0, 0.1) is 0 Å². The first-order valence-electron chi connectivity index (χ1n) is 4.71. The van der Waals surface area contributed by atoms with Crippen LogP contribution < -0.4 is 0 Å². The zero-order valence-electron chi connectivity index (χ0n) is 8.51. The summed E-state index contributed by atoms with van der Waals surface area (Å²) in [6.07, 6.45) is 4.03. The van der Waals surface area contributed by atoms with E-state index in [0.29, 0.717) is 24.2 Å². The van der Waals surface area contributed by atoms with Crippen LogP contribution in [0.5, 0.6) is 0 Å². The quantitative estimate of drug-likeness (QED) is 0.601. The van der Waals surface area contributed by atoms with Gasteiger partial charge in [0.1, 0.15) is 0 Å². The molecule has 0 spiro atoms. The molecule has 1 rings (SSSR count). The Morgan fingerprint density at radius 3 is 2.56 bits per heavy atom. The number of aliphatic hydroxyl groups excluding tert-OH is 1. The first kappa shape index (κ1) is 12.0. The van der Waals surface area contributed by atoms with E-state index in [-0.39, 0.29) is 6.61 Å². The summed E-state index contributed by atoms with van der Waals surface area (Å²) in [6, 6.07) is 4.84. The standard InChI is InChI=1S/C11H10N2O3/c14-5-1-2-9-3-4-10(12-7-15)6-11(9)13-8-16/h3-4,6,14H,1-2,5H2. The van der Waals surface area contributed by atoms with Gasteiger partial charge in [-0.1, -0.05) is 6.07 Å². The normalized spacial score (nSPS) is 9.06. The molecule has 1 N–H and O–H groups in total. The van der Waals surface area contributed by atoms with Gasteiger partial charge < -0.3 is 5.11 Å². The van der Waals surface area contributed by atoms with Crippen LogP contribution in [0.4, 0.5) is 11.4 Å². The minimum absolute atomic E-state index is 0.0679. The summed E-state index contributed by atoms with van der Waals surface area (Å²) in [5, 5.41) is 8.71. The Morgan fingerprint density at radius 2 is 1.94 bits per heavy atom. The van der Waals surface area contributed by atoms with E-state index in [0.717, 1.165) is 5.56 Å². The number of rotatable bonds is 5. The van der Waals surface area contributed by atoms with Crippen LogP contribution in [0.3, 0.4) is 0 Å². The fourth-order valence-corrected chi connectivity index (χ4v) is 1.31. The highest BCUT2D eigenvalue weighted by Gasteiger charge is 2.03. The summed E-state index contributed by atoms with van der Waals surface area (Å²) in [6.45, 7) is 0.0679. The predicted octanol–water partition coefficient (Wildman–Crippen LogP) is 1.55. The Hall–Kier alpha value is -2.06. The second kappa shape index (κ2) is 6.43. The van der Waals surface area contributed by atoms with E-state index in [1.54, 1.807) is 12.1 Å². The fourth-order valence-electron chi connectivity index (χ4n) is 1.31. The van der Waals surface area contributed by atoms with Gasteiger partial charge in [0.2, 0.25) is 12.2 Å². The van der Waals surface area contributed by atoms with Crippen molar-refractivity contribution in [3.8, 4) is 0 Å². The molecule has 0 amide bonds. The van der Waals surface area contributed by atoms with E-state index in [2.05, 4.69) is 9.98 Å². The number of carbonyl (C=O) groups excluding carboxylic acids is 2. The fraction of sp³-hybridized carbons (Fsp3) is 0.273. The SMILES string of the molecule is O=C=Nc1ccc(CCCO)c(N=C=O)c1. The van der Waals surface area contributed by atoms with Gasteiger partial charge in [-0.15, -0.1) is 0 Å². The highest BCUT2D eigenvalue weighted by molar-refractivity contribution is 5.62. The van der Waals surface area contributed by atoms with Gasteiger partial charge in [0.05, 0.1) is 11.4 Å². The second-order valence-corrected chi connectivity index (χ2v) is 3.05. The number of isocyanates is 2. The Morgan fingerprint density at radius 1 is 1.19 bits per heavy atom. The summed E-state index contributed by atoms with van der Waals surface area (Å²) < 4.78 is 0. The topological polar surface area (TPSA) is 79.1 Å². The summed E-state index contributed by atoms with van der Waals surface area (Å²) in [4.78, 5) is 27.2. The second-order valence-electron chi connectivity index (χ2n) is 3.05. The van der Waals surface area contributed by atoms with Crippen molar-refractivity contribution in [2.45, 2.75) is 12.8 Å². The molecule has 16 heavy (non-hydrogen) atoms. The molecule has 5 nitrogen and oxygen atoms in total. The van der Waals surface area contributed by atoms with E-state index in [4.69, 9.17) is 5.11 Å². The lowest BCUT2D eigenvalue weighted by Gasteiger charge is -2.03. The zero-order chi connectivity index (χ0) is 11.8. The van der Waals surface area contributed by atoms with Gasteiger partial charge in [0.25, 0.3) is 0 Å². The molecule has 0 fully saturated rings. The molecule has 0 heterocycles. The van der Waals surface area contributed by atoms with Crippen LogP contribution in [0.2, 0.25) is 0 Å². The molecule has 1 aromatic rings. The van der Waals surface area contributed by atoms with Crippen molar-refractivity contribution in [3.05, 3.63) is 23.8 Å². The Bertz CT molecular complexity index is 458. The van der Waals surface area contributed by atoms with Crippen molar-refractivity contribution >= 4 is 23.5 Å². The molecule has 0 aliphatic carbocycles. The average Bonchev–Trinajstić information content (AvgIpc) is 2.29. The van der Waals surface area contributed by atoms with Gasteiger partial charge in [-0.25, -0.2) is 9.59 Å². The van der Waals surface area contributed by atoms with Gasteiger partial charge in [0.15, 0.2) is 0 Å². The largest absolute Gasteiger partial charge is 0.396 e. The van der Waals surface area contributed by atoms with E-state index >= 15 is 0 Å². The smallest absolute Gasteiger partial charge is 0.240 e. The zero-order valence-corrected chi connectivity index (χ0v) is 8.51. The molecule has 82 valence electrons. The van der Waals surface area contributed by atoms with Crippen molar-refractivity contribution in [1.29, 1.82) is 0 Å². The van der Waals surface area contributed by atoms with Gasteiger partial charge in [-0.05, 0) is 30.5 Å². The highest BCUT2D eigenvalue weighted by Crippen LogP contribution is 2.25.